The summed E-state index contributed by atoms with van der Waals surface area (Å²) in [5.41, 5.74) is 0.846. The summed E-state index contributed by atoms with van der Waals surface area (Å²) in [6.07, 6.45) is 8.09. The van der Waals surface area contributed by atoms with E-state index in [0.29, 0.717) is 0 Å². The van der Waals surface area contributed by atoms with Crippen LogP contribution in [0.1, 0.15) is 59.3 Å². The van der Waals surface area contributed by atoms with E-state index >= 15 is 0 Å². The molecule has 0 aliphatic carbocycles. The Labute approximate surface area is 196 Å². The van der Waals surface area contributed by atoms with E-state index in [9.17, 15) is 0 Å². The van der Waals surface area contributed by atoms with Gasteiger partial charge in [0.2, 0.25) is 0 Å². The fourth-order valence-electron chi connectivity index (χ4n) is 4.31. The molecule has 0 aliphatic rings. The lowest BCUT2D eigenvalue weighted by Crippen LogP contribution is -2.27. The predicted octanol–water partition coefficient (Wildman–Crippen LogP) is 7.63. The maximum Gasteiger partial charge on any atom is 0.114 e. The van der Waals surface area contributed by atoms with Crippen molar-refractivity contribution >= 4 is 45.6 Å². The van der Waals surface area contributed by atoms with Gasteiger partial charge in [0.15, 0.2) is 0 Å². The van der Waals surface area contributed by atoms with Gasteiger partial charge in [0.1, 0.15) is 7.85 Å². The molecule has 2 heteroatoms. The first kappa shape index (κ1) is 24.3. The second-order valence-corrected chi connectivity index (χ2v) is 8.83. The molecule has 2 radical (unpaired) electrons. The number of benzene rings is 4. The predicted molar refractivity (Wildman–Crippen MR) is 146 cm³/mol. The number of hydrogen-bond acceptors (Lipinski definition) is 1. The molecule has 0 fully saturated rings. The lowest BCUT2D eigenvalue weighted by molar-refractivity contribution is 0.261. The van der Waals surface area contributed by atoms with Crippen LogP contribution in [0, 0.1) is 0 Å². The Kier molecular flexibility index (Phi) is 9.62. The highest BCUT2D eigenvalue weighted by Crippen LogP contribution is 2.28. The van der Waals surface area contributed by atoms with E-state index in [-0.39, 0.29) is 0 Å². The molecule has 0 N–H and O–H groups in total. The average molecular weight is 423 g/mol. The fourth-order valence-corrected chi connectivity index (χ4v) is 4.31. The van der Waals surface area contributed by atoms with E-state index < -0.39 is 0 Å². The first-order chi connectivity index (χ1) is 15.7. The minimum atomic E-state index is 0.846. The SMILES string of the molecule is CCCCN(CCCC)CCCC.[B]c1cccc2ccc3cc4ccccc4cc3c12. The van der Waals surface area contributed by atoms with E-state index in [1.807, 2.05) is 12.1 Å². The summed E-state index contributed by atoms with van der Waals surface area (Å²) in [5, 5.41) is 7.35. The molecule has 0 saturated carbocycles. The van der Waals surface area contributed by atoms with Gasteiger partial charge in [0.25, 0.3) is 0 Å². The zero-order chi connectivity index (χ0) is 22.8. The molecule has 32 heavy (non-hydrogen) atoms. The molecule has 0 heterocycles. The van der Waals surface area contributed by atoms with Crippen molar-refractivity contribution < 1.29 is 0 Å². The lowest BCUT2D eigenvalue weighted by Gasteiger charge is -2.21. The maximum absolute atomic E-state index is 6.17. The van der Waals surface area contributed by atoms with Crippen LogP contribution in [0.3, 0.4) is 0 Å². The van der Waals surface area contributed by atoms with Crippen LogP contribution in [-0.2, 0) is 0 Å². The average Bonchev–Trinajstić information content (AvgIpc) is 2.82. The summed E-state index contributed by atoms with van der Waals surface area (Å²) in [6.45, 7) is 10.8. The highest BCUT2D eigenvalue weighted by atomic mass is 15.1. The van der Waals surface area contributed by atoms with E-state index in [0.717, 1.165) is 10.8 Å². The van der Waals surface area contributed by atoms with Crippen molar-refractivity contribution in [3.05, 3.63) is 66.7 Å². The van der Waals surface area contributed by atoms with Crippen LogP contribution in [0.2, 0.25) is 0 Å². The van der Waals surface area contributed by atoms with E-state index in [2.05, 4.69) is 80.3 Å². The molecule has 4 aromatic carbocycles. The smallest absolute Gasteiger partial charge is 0.114 e. The van der Waals surface area contributed by atoms with Crippen molar-refractivity contribution in [3.63, 3.8) is 0 Å². The molecular formula is C30H38BN. The Bertz CT molecular complexity index is 1100. The highest BCUT2D eigenvalue weighted by Gasteiger charge is 2.04. The summed E-state index contributed by atoms with van der Waals surface area (Å²) in [5.74, 6) is 0. The Morgan fingerprint density at radius 1 is 0.594 bits per heavy atom. The van der Waals surface area contributed by atoms with Gasteiger partial charge in [-0.2, -0.15) is 0 Å². The van der Waals surface area contributed by atoms with E-state index in [1.165, 1.54) is 85.1 Å². The number of fused-ring (bicyclic) bond motifs is 4. The second-order valence-electron chi connectivity index (χ2n) is 8.83. The molecule has 0 unspecified atom stereocenters. The summed E-state index contributed by atoms with van der Waals surface area (Å²) in [6, 6.07) is 23.3. The van der Waals surface area contributed by atoms with Gasteiger partial charge in [0.05, 0.1) is 0 Å². The third kappa shape index (κ3) is 6.36. The zero-order valence-corrected chi connectivity index (χ0v) is 20.2. The van der Waals surface area contributed by atoms with Crippen LogP contribution in [-0.4, -0.2) is 32.4 Å². The van der Waals surface area contributed by atoms with Gasteiger partial charge in [-0.3, -0.25) is 0 Å². The van der Waals surface area contributed by atoms with Crippen LogP contribution < -0.4 is 5.46 Å². The molecule has 166 valence electrons. The van der Waals surface area contributed by atoms with E-state index in [1.54, 1.807) is 0 Å². The Morgan fingerprint density at radius 2 is 1.12 bits per heavy atom. The molecule has 0 amide bonds. The van der Waals surface area contributed by atoms with Gasteiger partial charge >= 0.3 is 0 Å². The first-order valence-corrected chi connectivity index (χ1v) is 12.5. The molecule has 0 atom stereocenters. The van der Waals surface area contributed by atoms with Gasteiger partial charge in [-0.15, -0.1) is 0 Å². The topological polar surface area (TPSA) is 3.24 Å². The van der Waals surface area contributed by atoms with Crippen molar-refractivity contribution in [3.8, 4) is 0 Å². The summed E-state index contributed by atoms with van der Waals surface area (Å²) in [7, 11) is 6.17. The van der Waals surface area contributed by atoms with Gasteiger partial charge in [-0.1, -0.05) is 100 Å². The second kappa shape index (κ2) is 12.7. The zero-order valence-electron chi connectivity index (χ0n) is 20.2. The number of rotatable bonds is 9. The lowest BCUT2D eigenvalue weighted by atomic mass is 9.87. The molecule has 0 aromatic heterocycles. The molecular weight excluding hydrogens is 385 g/mol. The summed E-state index contributed by atoms with van der Waals surface area (Å²) in [4.78, 5) is 2.64. The number of hydrogen-bond donors (Lipinski definition) is 0. The fraction of sp³-hybridized carbons (Fsp3) is 0.400. The monoisotopic (exact) mass is 423 g/mol. The van der Waals surface area contributed by atoms with Gasteiger partial charge < -0.3 is 4.90 Å². The third-order valence-corrected chi connectivity index (χ3v) is 6.24. The minimum Gasteiger partial charge on any atom is -0.303 e. The summed E-state index contributed by atoms with van der Waals surface area (Å²) < 4.78 is 0. The van der Waals surface area contributed by atoms with Crippen LogP contribution >= 0.6 is 0 Å². The molecule has 4 aromatic rings. The molecule has 4 rings (SSSR count). The third-order valence-electron chi connectivity index (χ3n) is 6.24. The Morgan fingerprint density at radius 3 is 1.72 bits per heavy atom. The van der Waals surface area contributed by atoms with Crippen LogP contribution in [0.15, 0.2) is 66.7 Å². The van der Waals surface area contributed by atoms with Gasteiger partial charge in [-0.05, 0) is 83.3 Å². The quantitative estimate of drug-likeness (QED) is 0.152. The molecule has 0 spiro atoms. The maximum atomic E-state index is 6.17. The molecule has 0 aliphatic heterocycles. The first-order valence-electron chi connectivity index (χ1n) is 12.5. The van der Waals surface area contributed by atoms with E-state index in [4.69, 9.17) is 7.85 Å². The van der Waals surface area contributed by atoms with Gasteiger partial charge in [0, 0.05) is 0 Å². The van der Waals surface area contributed by atoms with Gasteiger partial charge in [-0.25, -0.2) is 0 Å². The Balaban J connectivity index is 0.000000198. The molecule has 0 saturated heterocycles. The normalized spacial score (nSPS) is 11.2. The van der Waals surface area contributed by atoms with Crippen molar-refractivity contribution in [2.75, 3.05) is 19.6 Å². The van der Waals surface area contributed by atoms with Crippen LogP contribution in [0.5, 0.6) is 0 Å². The Hall–Kier alpha value is -2.32. The van der Waals surface area contributed by atoms with Crippen molar-refractivity contribution in [1.29, 1.82) is 0 Å². The molecule has 1 nitrogen and oxygen atoms in total. The number of unbranched alkanes of at least 4 members (excludes halogenated alkanes) is 3. The van der Waals surface area contributed by atoms with Crippen LogP contribution in [0.25, 0.3) is 32.3 Å². The minimum absolute atomic E-state index is 0.846. The van der Waals surface area contributed by atoms with Crippen LogP contribution in [0.4, 0.5) is 0 Å². The highest BCUT2D eigenvalue weighted by molar-refractivity contribution is 6.41. The summed E-state index contributed by atoms with van der Waals surface area (Å²) >= 11 is 0. The van der Waals surface area contributed by atoms with Crippen molar-refractivity contribution in [2.24, 2.45) is 0 Å². The van der Waals surface area contributed by atoms with Crippen molar-refractivity contribution in [1.82, 2.24) is 4.90 Å². The molecule has 0 bridgehead atoms. The standard InChI is InChI=1S/C18H11B.C12H27N/c19-17-7-3-6-12-8-9-15-10-13-4-1-2-5-14(13)11-16(15)18(12)17;1-4-7-10-13(11-8-5-2)12-9-6-3/h1-11H;4-12H2,1-3H3. The number of nitrogens with zero attached hydrogens (tertiary/aromatic N) is 1. The van der Waals surface area contributed by atoms with Crippen molar-refractivity contribution in [2.45, 2.75) is 59.3 Å². The largest absolute Gasteiger partial charge is 0.303 e.